The second kappa shape index (κ2) is 12.4. The fourth-order valence-electron chi connectivity index (χ4n) is 3.62. The molecule has 0 unspecified atom stereocenters. The second-order valence-corrected chi connectivity index (χ2v) is 11.2. The van der Waals surface area contributed by atoms with Crippen molar-refractivity contribution in [2.45, 2.75) is 31.3 Å². The van der Waals surface area contributed by atoms with Gasteiger partial charge in [0.15, 0.2) is 0 Å². The monoisotopic (exact) mass is 591 g/mol. The Balaban J connectivity index is 2.02. The van der Waals surface area contributed by atoms with Crippen LogP contribution in [0, 0.1) is 0 Å². The van der Waals surface area contributed by atoms with Crippen LogP contribution in [0.15, 0.2) is 88.2 Å². The highest BCUT2D eigenvalue weighted by Crippen LogP contribution is 2.27. The zero-order valence-corrected chi connectivity index (χ0v) is 23.1. The van der Waals surface area contributed by atoms with Crippen LogP contribution in [0.1, 0.15) is 19.4 Å². The third-order valence-corrected chi connectivity index (χ3v) is 7.98. The van der Waals surface area contributed by atoms with Gasteiger partial charge in [0.05, 0.1) is 10.6 Å². The van der Waals surface area contributed by atoms with Gasteiger partial charge in [-0.05, 0) is 61.9 Å². The van der Waals surface area contributed by atoms with Gasteiger partial charge < -0.3 is 10.2 Å². The fourth-order valence-corrected chi connectivity index (χ4v) is 5.64. The molecule has 190 valence electrons. The van der Waals surface area contributed by atoms with Crippen LogP contribution in [-0.2, 0) is 26.2 Å². The van der Waals surface area contributed by atoms with Gasteiger partial charge in [-0.3, -0.25) is 13.9 Å². The van der Waals surface area contributed by atoms with Crippen molar-refractivity contribution in [3.05, 3.63) is 93.9 Å². The minimum Gasteiger partial charge on any atom is -0.355 e. The molecule has 2 amide bonds. The highest BCUT2D eigenvalue weighted by molar-refractivity contribution is 9.10. The van der Waals surface area contributed by atoms with Crippen molar-refractivity contribution < 1.29 is 18.0 Å². The Morgan fingerprint density at radius 2 is 1.69 bits per heavy atom. The molecule has 0 fully saturated rings. The summed E-state index contributed by atoms with van der Waals surface area (Å²) in [6, 6.07) is 20.7. The smallest absolute Gasteiger partial charge is 0.264 e. The van der Waals surface area contributed by atoms with Crippen molar-refractivity contribution in [3.63, 3.8) is 0 Å². The molecule has 0 saturated carbocycles. The summed E-state index contributed by atoms with van der Waals surface area (Å²) in [6.07, 6.45) is 0. The Morgan fingerprint density at radius 1 is 1.00 bits per heavy atom. The van der Waals surface area contributed by atoms with E-state index < -0.39 is 28.5 Å². The predicted octanol–water partition coefficient (Wildman–Crippen LogP) is 4.85. The molecule has 36 heavy (non-hydrogen) atoms. The first kappa shape index (κ1) is 27.7. The number of carbonyl (C=O) groups is 2. The largest absolute Gasteiger partial charge is 0.355 e. The maximum Gasteiger partial charge on any atom is 0.264 e. The summed E-state index contributed by atoms with van der Waals surface area (Å²) in [7, 11) is -4.09. The molecule has 10 heteroatoms. The zero-order valence-electron chi connectivity index (χ0n) is 19.9. The van der Waals surface area contributed by atoms with E-state index in [2.05, 4.69) is 21.2 Å². The Morgan fingerprint density at radius 3 is 2.33 bits per heavy atom. The van der Waals surface area contributed by atoms with Gasteiger partial charge in [0.1, 0.15) is 12.6 Å². The van der Waals surface area contributed by atoms with Crippen LogP contribution >= 0.6 is 27.5 Å². The number of hydrogen-bond donors (Lipinski definition) is 1. The van der Waals surface area contributed by atoms with Crippen LogP contribution in [0.25, 0.3) is 0 Å². The summed E-state index contributed by atoms with van der Waals surface area (Å²) in [5.41, 5.74) is 1.03. The van der Waals surface area contributed by atoms with E-state index in [1.165, 1.54) is 17.0 Å². The fraction of sp³-hybridized carbons (Fsp3) is 0.231. The Labute approximate surface area is 225 Å². The molecule has 0 aliphatic carbocycles. The highest BCUT2D eigenvalue weighted by Gasteiger charge is 2.32. The van der Waals surface area contributed by atoms with E-state index in [1.54, 1.807) is 80.6 Å². The summed E-state index contributed by atoms with van der Waals surface area (Å²) in [4.78, 5) is 27.8. The van der Waals surface area contributed by atoms with E-state index in [0.29, 0.717) is 27.3 Å². The van der Waals surface area contributed by atoms with Gasteiger partial charge >= 0.3 is 0 Å². The van der Waals surface area contributed by atoms with Crippen LogP contribution in [0.2, 0.25) is 5.02 Å². The third kappa shape index (κ3) is 6.87. The van der Waals surface area contributed by atoms with Gasteiger partial charge in [0, 0.05) is 22.6 Å². The number of nitrogens with one attached hydrogen (secondary N) is 1. The van der Waals surface area contributed by atoms with E-state index in [-0.39, 0.29) is 17.3 Å². The molecule has 0 aliphatic rings. The van der Waals surface area contributed by atoms with E-state index in [4.69, 9.17) is 11.6 Å². The molecule has 0 aromatic heterocycles. The van der Waals surface area contributed by atoms with Crippen molar-refractivity contribution in [1.29, 1.82) is 0 Å². The summed E-state index contributed by atoms with van der Waals surface area (Å²) in [6.45, 7) is 3.38. The third-order valence-electron chi connectivity index (χ3n) is 5.47. The number of nitrogens with zero attached hydrogens (tertiary/aromatic N) is 2. The van der Waals surface area contributed by atoms with Gasteiger partial charge in [-0.15, -0.1) is 0 Å². The average Bonchev–Trinajstić information content (AvgIpc) is 2.86. The number of hydrogen-bond acceptors (Lipinski definition) is 4. The number of amides is 2. The first-order chi connectivity index (χ1) is 17.1. The summed E-state index contributed by atoms with van der Waals surface area (Å²) in [5, 5.41) is 3.22. The van der Waals surface area contributed by atoms with E-state index >= 15 is 0 Å². The standard InChI is InChI=1S/C26H27BrClN3O4S/c1-3-29-26(33)19(2)30(17-20-9-7-11-22(28)15-20)25(32)18-31(23-12-8-10-21(27)16-23)36(34,35)24-13-5-4-6-14-24/h4-16,19H,3,17-18H2,1-2H3,(H,29,33)/t19-/m0/s1. The molecule has 0 heterocycles. The van der Waals surface area contributed by atoms with E-state index in [0.717, 1.165) is 4.31 Å². The van der Waals surface area contributed by atoms with Gasteiger partial charge in [-0.25, -0.2) is 8.42 Å². The summed E-state index contributed by atoms with van der Waals surface area (Å²) < 4.78 is 29.0. The number of anilines is 1. The van der Waals surface area contributed by atoms with E-state index in [1.807, 2.05) is 0 Å². The average molecular weight is 593 g/mol. The maximum atomic E-state index is 13.7. The van der Waals surface area contributed by atoms with Gasteiger partial charge in [0.2, 0.25) is 11.8 Å². The van der Waals surface area contributed by atoms with E-state index in [9.17, 15) is 18.0 Å². The molecule has 1 N–H and O–H groups in total. The number of likely N-dealkylation sites (N-methyl/N-ethyl adjacent to an activating group) is 1. The number of carbonyl (C=O) groups excluding carboxylic acids is 2. The number of benzene rings is 3. The van der Waals surface area contributed by atoms with Crippen LogP contribution < -0.4 is 9.62 Å². The molecule has 7 nitrogen and oxygen atoms in total. The molecule has 0 spiro atoms. The Hall–Kier alpha value is -2.88. The number of rotatable bonds is 10. The van der Waals surface area contributed by atoms with Crippen molar-refractivity contribution in [2.24, 2.45) is 0 Å². The topological polar surface area (TPSA) is 86.8 Å². The highest BCUT2D eigenvalue weighted by atomic mass is 79.9. The quantitative estimate of drug-likeness (QED) is 0.365. The SMILES string of the molecule is CCNC(=O)[C@H](C)N(Cc1cccc(Cl)c1)C(=O)CN(c1cccc(Br)c1)S(=O)(=O)c1ccccc1. The van der Waals surface area contributed by atoms with Crippen molar-refractivity contribution in [2.75, 3.05) is 17.4 Å². The minimum atomic E-state index is -4.09. The molecule has 3 aromatic rings. The van der Waals surface area contributed by atoms with Gasteiger partial charge in [-0.2, -0.15) is 0 Å². The lowest BCUT2D eigenvalue weighted by atomic mass is 10.1. The van der Waals surface area contributed by atoms with Crippen molar-refractivity contribution in [1.82, 2.24) is 10.2 Å². The molecule has 1 atom stereocenters. The summed E-state index contributed by atoms with van der Waals surface area (Å²) >= 11 is 9.51. The Bertz CT molecular complexity index is 1320. The van der Waals surface area contributed by atoms with Crippen LogP contribution in [-0.4, -0.2) is 44.3 Å². The molecular formula is C26H27BrClN3O4S. The molecule has 0 aliphatic heterocycles. The molecule has 3 aromatic carbocycles. The van der Waals surface area contributed by atoms with Gasteiger partial charge in [-0.1, -0.05) is 63.9 Å². The second-order valence-electron chi connectivity index (χ2n) is 8.03. The summed E-state index contributed by atoms with van der Waals surface area (Å²) in [5.74, 6) is -0.874. The molecule has 0 bridgehead atoms. The zero-order chi connectivity index (χ0) is 26.3. The molecule has 0 saturated heterocycles. The molecule has 0 radical (unpaired) electrons. The Kier molecular flexibility index (Phi) is 9.53. The van der Waals surface area contributed by atoms with Crippen molar-refractivity contribution >= 4 is 55.1 Å². The lowest BCUT2D eigenvalue weighted by Crippen LogP contribution is -2.51. The predicted molar refractivity (Wildman–Crippen MR) is 145 cm³/mol. The lowest BCUT2D eigenvalue weighted by Gasteiger charge is -2.32. The number of sulfonamides is 1. The van der Waals surface area contributed by atoms with Gasteiger partial charge in [0.25, 0.3) is 10.0 Å². The molecular weight excluding hydrogens is 566 g/mol. The van der Waals surface area contributed by atoms with Crippen LogP contribution in [0.5, 0.6) is 0 Å². The first-order valence-electron chi connectivity index (χ1n) is 11.3. The first-order valence-corrected chi connectivity index (χ1v) is 13.9. The molecule has 3 rings (SSSR count). The number of halogens is 2. The lowest BCUT2D eigenvalue weighted by molar-refractivity contribution is -0.139. The van der Waals surface area contributed by atoms with Crippen LogP contribution in [0.4, 0.5) is 5.69 Å². The minimum absolute atomic E-state index is 0.0518. The maximum absolute atomic E-state index is 13.7. The van der Waals surface area contributed by atoms with Crippen LogP contribution in [0.3, 0.4) is 0 Å². The van der Waals surface area contributed by atoms with Crippen molar-refractivity contribution in [3.8, 4) is 0 Å². The normalized spacial score (nSPS) is 12.0.